The second kappa shape index (κ2) is 8.90. The molecule has 0 aromatic heterocycles. The van der Waals surface area contributed by atoms with Gasteiger partial charge in [-0.2, -0.15) is 0 Å². The Bertz CT molecular complexity index is 463. The lowest BCUT2D eigenvalue weighted by Gasteiger charge is -2.21. The van der Waals surface area contributed by atoms with Crippen LogP contribution in [0.25, 0.3) is 0 Å². The van der Waals surface area contributed by atoms with Crippen molar-refractivity contribution >= 4 is 23.2 Å². The van der Waals surface area contributed by atoms with Gasteiger partial charge in [-0.05, 0) is 45.5 Å². The predicted octanol–water partition coefficient (Wildman–Crippen LogP) is 3.23. The summed E-state index contributed by atoms with van der Waals surface area (Å²) in [6.07, 6.45) is 1.00. The van der Waals surface area contributed by atoms with E-state index in [2.05, 4.69) is 36.3 Å². The van der Waals surface area contributed by atoms with Crippen LogP contribution in [0.4, 0.5) is 5.69 Å². The zero-order valence-corrected chi connectivity index (χ0v) is 14.1. The Labute approximate surface area is 132 Å². The normalized spacial score (nSPS) is 11.0. The molecule has 5 heteroatoms. The number of carbonyl (C=O) groups excluding carboxylic acids is 1. The third-order valence-electron chi connectivity index (χ3n) is 3.42. The van der Waals surface area contributed by atoms with Crippen molar-refractivity contribution in [1.29, 1.82) is 0 Å². The summed E-state index contributed by atoms with van der Waals surface area (Å²) in [6, 6.07) is 5.83. The minimum atomic E-state index is -0.0896. The maximum atomic E-state index is 12.3. The molecule has 0 aliphatic heterocycles. The minimum Gasteiger partial charge on any atom is -0.384 e. The van der Waals surface area contributed by atoms with Gasteiger partial charge in [-0.1, -0.05) is 18.5 Å². The second-order valence-corrected chi connectivity index (χ2v) is 5.88. The van der Waals surface area contributed by atoms with Crippen LogP contribution < -0.4 is 10.6 Å². The minimum absolute atomic E-state index is 0.0896. The molecule has 0 bridgehead atoms. The smallest absolute Gasteiger partial charge is 0.253 e. The van der Waals surface area contributed by atoms with E-state index in [4.69, 9.17) is 11.6 Å². The van der Waals surface area contributed by atoms with Crippen molar-refractivity contribution < 1.29 is 4.79 Å². The van der Waals surface area contributed by atoms with Gasteiger partial charge in [0.15, 0.2) is 0 Å². The molecule has 0 saturated heterocycles. The molecular weight excluding hydrogens is 286 g/mol. The van der Waals surface area contributed by atoms with Crippen molar-refractivity contribution in [1.82, 2.24) is 10.2 Å². The van der Waals surface area contributed by atoms with Gasteiger partial charge in [0.2, 0.25) is 0 Å². The first-order chi connectivity index (χ1) is 9.95. The van der Waals surface area contributed by atoms with Crippen LogP contribution in [0, 0.1) is 0 Å². The summed E-state index contributed by atoms with van der Waals surface area (Å²) in [7, 11) is 2.05. The SMILES string of the molecule is CCCNc1ccc(Cl)cc1C(=O)NCCN(C)C(C)C. The number of likely N-dealkylation sites (N-methyl/N-ethyl adjacent to an activating group) is 1. The van der Waals surface area contributed by atoms with Gasteiger partial charge < -0.3 is 15.5 Å². The Morgan fingerprint density at radius 1 is 1.33 bits per heavy atom. The molecular formula is C16H26ClN3O. The van der Waals surface area contributed by atoms with Gasteiger partial charge in [-0.25, -0.2) is 0 Å². The highest BCUT2D eigenvalue weighted by Crippen LogP contribution is 2.20. The van der Waals surface area contributed by atoms with Crippen molar-refractivity contribution in [2.24, 2.45) is 0 Å². The van der Waals surface area contributed by atoms with Crippen LogP contribution in [0.2, 0.25) is 5.02 Å². The van der Waals surface area contributed by atoms with Crippen LogP contribution >= 0.6 is 11.6 Å². The van der Waals surface area contributed by atoms with E-state index in [-0.39, 0.29) is 5.91 Å². The predicted molar refractivity (Wildman–Crippen MR) is 90.3 cm³/mol. The zero-order valence-electron chi connectivity index (χ0n) is 13.4. The molecule has 0 fully saturated rings. The number of hydrogen-bond acceptors (Lipinski definition) is 3. The highest BCUT2D eigenvalue weighted by molar-refractivity contribution is 6.31. The lowest BCUT2D eigenvalue weighted by atomic mass is 10.1. The number of amides is 1. The van der Waals surface area contributed by atoms with Gasteiger partial charge in [-0.3, -0.25) is 4.79 Å². The highest BCUT2D eigenvalue weighted by Gasteiger charge is 2.12. The number of halogens is 1. The molecule has 21 heavy (non-hydrogen) atoms. The first-order valence-corrected chi connectivity index (χ1v) is 7.85. The molecule has 1 rings (SSSR count). The van der Waals surface area contributed by atoms with Crippen molar-refractivity contribution in [2.75, 3.05) is 32.0 Å². The Kier molecular flexibility index (Phi) is 7.54. The van der Waals surface area contributed by atoms with Gasteiger partial charge in [-0.15, -0.1) is 0 Å². The average molecular weight is 312 g/mol. The Morgan fingerprint density at radius 3 is 2.67 bits per heavy atom. The summed E-state index contributed by atoms with van der Waals surface area (Å²) >= 11 is 6.00. The van der Waals surface area contributed by atoms with Gasteiger partial charge in [0, 0.05) is 36.4 Å². The summed E-state index contributed by atoms with van der Waals surface area (Å²) in [4.78, 5) is 14.5. The van der Waals surface area contributed by atoms with E-state index < -0.39 is 0 Å². The Morgan fingerprint density at radius 2 is 2.05 bits per heavy atom. The topological polar surface area (TPSA) is 44.4 Å². The largest absolute Gasteiger partial charge is 0.384 e. The number of carbonyl (C=O) groups is 1. The quantitative estimate of drug-likeness (QED) is 0.774. The Balaban J connectivity index is 2.65. The van der Waals surface area contributed by atoms with Crippen LogP contribution in [-0.4, -0.2) is 43.5 Å². The van der Waals surface area contributed by atoms with Crippen molar-refractivity contribution in [3.05, 3.63) is 28.8 Å². The molecule has 0 aliphatic rings. The van der Waals surface area contributed by atoms with E-state index in [1.165, 1.54) is 0 Å². The molecule has 4 nitrogen and oxygen atoms in total. The summed E-state index contributed by atoms with van der Waals surface area (Å²) in [5.41, 5.74) is 1.43. The number of benzene rings is 1. The van der Waals surface area contributed by atoms with Crippen LogP contribution in [-0.2, 0) is 0 Å². The molecule has 0 unspecified atom stereocenters. The van der Waals surface area contributed by atoms with Crippen LogP contribution in [0.1, 0.15) is 37.6 Å². The first-order valence-electron chi connectivity index (χ1n) is 7.47. The lowest BCUT2D eigenvalue weighted by Crippen LogP contribution is -2.36. The molecule has 0 saturated carbocycles. The monoisotopic (exact) mass is 311 g/mol. The fourth-order valence-corrected chi connectivity index (χ4v) is 1.99. The molecule has 1 aromatic carbocycles. The fraction of sp³-hybridized carbons (Fsp3) is 0.562. The summed E-state index contributed by atoms with van der Waals surface area (Å²) in [5, 5.41) is 6.78. The maximum Gasteiger partial charge on any atom is 0.253 e. The van der Waals surface area contributed by atoms with Gasteiger partial charge in [0.05, 0.1) is 5.56 Å². The number of nitrogens with one attached hydrogen (secondary N) is 2. The van der Waals surface area contributed by atoms with Crippen molar-refractivity contribution in [3.8, 4) is 0 Å². The molecule has 0 radical (unpaired) electrons. The molecule has 0 spiro atoms. The molecule has 0 atom stereocenters. The third kappa shape index (κ3) is 5.94. The molecule has 1 amide bonds. The molecule has 0 heterocycles. The Hall–Kier alpha value is -1.26. The lowest BCUT2D eigenvalue weighted by molar-refractivity contribution is 0.0949. The number of anilines is 1. The number of rotatable bonds is 8. The van der Waals surface area contributed by atoms with Crippen molar-refractivity contribution in [3.63, 3.8) is 0 Å². The highest BCUT2D eigenvalue weighted by atomic mass is 35.5. The molecule has 2 N–H and O–H groups in total. The van der Waals surface area contributed by atoms with E-state index in [1.807, 2.05) is 13.1 Å². The fourth-order valence-electron chi connectivity index (χ4n) is 1.82. The van der Waals surface area contributed by atoms with Gasteiger partial charge >= 0.3 is 0 Å². The van der Waals surface area contributed by atoms with Crippen LogP contribution in [0.5, 0.6) is 0 Å². The second-order valence-electron chi connectivity index (χ2n) is 5.45. The average Bonchev–Trinajstić information content (AvgIpc) is 2.45. The van der Waals surface area contributed by atoms with Crippen LogP contribution in [0.15, 0.2) is 18.2 Å². The van der Waals surface area contributed by atoms with E-state index in [0.29, 0.717) is 23.2 Å². The molecule has 118 valence electrons. The summed E-state index contributed by atoms with van der Waals surface area (Å²) < 4.78 is 0. The summed E-state index contributed by atoms with van der Waals surface area (Å²) in [5.74, 6) is -0.0896. The number of nitrogens with zero attached hydrogens (tertiary/aromatic N) is 1. The standard InChI is InChI=1S/C16H26ClN3O/c1-5-8-18-15-7-6-13(17)11-14(15)16(21)19-9-10-20(4)12(2)3/h6-7,11-12,18H,5,8-10H2,1-4H3,(H,19,21). The zero-order chi connectivity index (χ0) is 15.8. The van der Waals surface area contributed by atoms with Gasteiger partial charge in [0.25, 0.3) is 5.91 Å². The third-order valence-corrected chi connectivity index (χ3v) is 3.66. The number of hydrogen-bond donors (Lipinski definition) is 2. The van der Waals surface area contributed by atoms with E-state index in [9.17, 15) is 4.79 Å². The van der Waals surface area contributed by atoms with Gasteiger partial charge in [0.1, 0.15) is 0 Å². The molecule has 0 aliphatic carbocycles. The van der Waals surface area contributed by atoms with Crippen molar-refractivity contribution in [2.45, 2.75) is 33.2 Å². The van der Waals surface area contributed by atoms with Crippen LogP contribution in [0.3, 0.4) is 0 Å². The van der Waals surface area contributed by atoms with E-state index >= 15 is 0 Å². The summed E-state index contributed by atoms with van der Waals surface area (Å²) in [6.45, 7) is 8.62. The molecule has 1 aromatic rings. The van der Waals surface area contributed by atoms with E-state index in [0.717, 1.165) is 25.2 Å². The van der Waals surface area contributed by atoms with E-state index in [1.54, 1.807) is 12.1 Å². The maximum absolute atomic E-state index is 12.3. The first kappa shape index (κ1) is 17.8.